The number of alkyl halides is 3. The van der Waals surface area contributed by atoms with Gasteiger partial charge in [0.15, 0.2) is 5.78 Å². The number of rotatable bonds is 3. The second kappa shape index (κ2) is 7.74. The number of anilines is 1. The van der Waals surface area contributed by atoms with Gasteiger partial charge in [-0.15, -0.1) is 0 Å². The van der Waals surface area contributed by atoms with Crippen molar-refractivity contribution in [2.75, 3.05) is 11.9 Å². The Kier molecular flexibility index (Phi) is 5.16. The molecule has 0 spiro atoms. The molecule has 1 atom stereocenters. The number of nitrogens with two attached hydrogens (primary N) is 1. The second-order valence-corrected chi connectivity index (χ2v) is 7.59. The predicted molar refractivity (Wildman–Crippen MR) is 109 cm³/mol. The van der Waals surface area contributed by atoms with Gasteiger partial charge in [0, 0.05) is 36.5 Å². The minimum absolute atomic E-state index is 0.0260. The monoisotopic (exact) mass is 455 g/mol. The molecule has 4 rings (SSSR count). The molecular weight excluding hydrogens is 439 g/mol. The van der Waals surface area contributed by atoms with E-state index in [-0.39, 0.29) is 52.3 Å². The lowest BCUT2D eigenvalue weighted by molar-refractivity contribution is -0.141. The van der Waals surface area contributed by atoms with Gasteiger partial charge in [0.2, 0.25) is 5.91 Å². The van der Waals surface area contributed by atoms with Crippen LogP contribution in [0.4, 0.5) is 23.7 Å². The highest BCUT2D eigenvalue weighted by atomic mass is 19.4. The van der Waals surface area contributed by atoms with Crippen molar-refractivity contribution in [1.29, 1.82) is 5.26 Å². The van der Waals surface area contributed by atoms with Crippen molar-refractivity contribution >= 4 is 23.4 Å². The van der Waals surface area contributed by atoms with Gasteiger partial charge < -0.3 is 10.6 Å². The normalized spacial score (nSPS) is 18.5. The fraction of sp³-hybridized carbons (Fsp3) is 0.227. The lowest BCUT2D eigenvalue weighted by Crippen LogP contribution is -2.48. The van der Waals surface area contributed by atoms with Crippen LogP contribution < -0.4 is 10.6 Å². The Morgan fingerprint density at radius 2 is 1.94 bits per heavy atom. The van der Waals surface area contributed by atoms with Crippen molar-refractivity contribution in [3.63, 3.8) is 0 Å². The number of ketones is 1. The summed E-state index contributed by atoms with van der Waals surface area (Å²) in [5.74, 6) is -1.15. The molecule has 168 valence electrons. The average molecular weight is 455 g/mol. The van der Waals surface area contributed by atoms with Crippen LogP contribution >= 0.6 is 0 Å². The zero-order chi connectivity index (χ0) is 24.1. The first-order valence-corrected chi connectivity index (χ1v) is 9.75. The highest BCUT2D eigenvalue weighted by Gasteiger charge is 2.45. The minimum Gasteiger partial charge on any atom is -0.366 e. The van der Waals surface area contributed by atoms with Gasteiger partial charge in [-0.3, -0.25) is 19.5 Å². The number of allylic oxidation sites excluding steroid dienone is 1. The molecule has 1 aliphatic heterocycles. The number of benzene rings is 1. The molecule has 11 heteroatoms. The van der Waals surface area contributed by atoms with Crippen molar-refractivity contribution < 1.29 is 27.6 Å². The lowest BCUT2D eigenvalue weighted by Gasteiger charge is -2.40. The Balaban J connectivity index is 1.92. The van der Waals surface area contributed by atoms with E-state index in [0.717, 1.165) is 17.2 Å². The topological polar surface area (TPSA) is 120 Å². The number of halogens is 3. The minimum atomic E-state index is -4.72. The predicted octanol–water partition coefficient (Wildman–Crippen LogP) is 3.30. The average Bonchev–Trinajstić information content (AvgIpc) is 3.14. The molecule has 0 saturated carbocycles. The maximum absolute atomic E-state index is 13.4. The summed E-state index contributed by atoms with van der Waals surface area (Å²) in [6.45, 7) is 0. The fourth-order valence-corrected chi connectivity index (χ4v) is 4.20. The molecule has 1 aromatic carbocycles. The number of hydrogen-bond acceptors (Lipinski definition) is 5. The van der Waals surface area contributed by atoms with Crippen LogP contribution in [-0.4, -0.2) is 34.7 Å². The van der Waals surface area contributed by atoms with E-state index in [2.05, 4.69) is 4.98 Å². The number of hydrogen-bond donors (Lipinski definition) is 1. The van der Waals surface area contributed by atoms with Crippen molar-refractivity contribution in [2.24, 2.45) is 5.73 Å². The SMILES string of the molecule is CN1C(=O)N(c2ccnc(C(F)(F)F)c2)C2=C(C(=O)CC2)[C@H]1c1ccc(C#N)cc1C(N)=O. The van der Waals surface area contributed by atoms with Crippen molar-refractivity contribution in [2.45, 2.75) is 25.1 Å². The highest BCUT2D eigenvalue weighted by Crippen LogP contribution is 2.45. The number of likely N-dealkylation sites (N-methyl/N-ethyl adjacent to an activating group) is 1. The summed E-state index contributed by atoms with van der Waals surface area (Å²) in [6.07, 6.45) is -3.58. The summed E-state index contributed by atoms with van der Waals surface area (Å²) in [5.41, 5.74) is 5.09. The zero-order valence-electron chi connectivity index (χ0n) is 17.2. The Morgan fingerprint density at radius 1 is 1.21 bits per heavy atom. The number of carbonyl (C=O) groups is 3. The molecule has 2 N–H and O–H groups in total. The van der Waals surface area contributed by atoms with Gasteiger partial charge in [-0.05, 0) is 36.2 Å². The number of pyridine rings is 1. The lowest BCUT2D eigenvalue weighted by atomic mass is 9.89. The smallest absolute Gasteiger partial charge is 0.366 e. The van der Waals surface area contributed by atoms with E-state index in [4.69, 9.17) is 11.0 Å². The summed E-state index contributed by atoms with van der Waals surface area (Å²) in [6, 6.07) is 6.39. The number of nitriles is 1. The van der Waals surface area contributed by atoms with E-state index in [0.29, 0.717) is 0 Å². The van der Waals surface area contributed by atoms with E-state index in [1.165, 1.54) is 36.2 Å². The van der Waals surface area contributed by atoms with Crippen LogP contribution in [0.1, 0.15) is 46.1 Å². The number of aromatic nitrogens is 1. The number of carbonyl (C=O) groups excluding carboxylic acids is 3. The molecule has 0 fully saturated rings. The van der Waals surface area contributed by atoms with E-state index in [1.807, 2.05) is 6.07 Å². The van der Waals surface area contributed by atoms with Gasteiger partial charge in [0.1, 0.15) is 5.69 Å². The fourth-order valence-electron chi connectivity index (χ4n) is 4.20. The highest BCUT2D eigenvalue weighted by molar-refractivity contribution is 6.08. The van der Waals surface area contributed by atoms with Crippen LogP contribution in [0, 0.1) is 11.3 Å². The third-order valence-corrected chi connectivity index (χ3v) is 5.66. The molecular formula is C22H16F3N5O3. The maximum Gasteiger partial charge on any atom is 0.433 e. The second-order valence-electron chi connectivity index (χ2n) is 7.59. The van der Waals surface area contributed by atoms with E-state index in [1.54, 1.807) is 0 Å². The first-order chi connectivity index (χ1) is 15.5. The van der Waals surface area contributed by atoms with Gasteiger partial charge in [0.25, 0.3) is 0 Å². The quantitative estimate of drug-likeness (QED) is 0.761. The van der Waals surface area contributed by atoms with Gasteiger partial charge >= 0.3 is 12.2 Å². The van der Waals surface area contributed by atoms with Crippen LogP contribution in [0.5, 0.6) is 0 Å². The molecule has 2 aromatic rings. The molecule has 0 saturated heterocycles. The summed E-state index contributed by atoms with van der Waals surface area (Å²) >= 11 is 0. The molecule has 0 unspecified atom stereocenters. The first kappa shape index (κ1) is 22.0. The number of nitrogens with zero attached hydrogens (tertiary/aromatic N) is 4. The van der Waals surface area contributed by atoms with Crippen LogP contribution in [0.25, 0.3) is 0 Å². The molecule has 2 heterocycles. The van der Waals surface area contributed by atoms with Gasteiger partial charge in [0.05, 0.1) is 23.4 Å². The number of Topliss-reactive ketones (excluding diaryl/α,β-unsaturated/α-hetero) is 1. The van der Waals surface area contributed by atoms with Crippen molar-refractivity contribution in [3.8, 4) is 6.07 Å². The van der Waals surface area contributed by atoms with Crippen LogP contribution in [0.15, 0.2) is 47.8 Å². The molecule has 2 aliphatic rings. The summed E-state index contributed by atoms with van der Waals surface area (Å²) < 4.78 is 39.6. The van der Waals surface area contributed by atoms with Gasteiger partial charge in [-0.2, -0.15) is 18.4 Å². The van der Waals surface area contributed by atoms with Crippen molar-refractivity contribution in [1.82, 2.24) is 9.88 Å². The molecule has 33 heavy (non-hydrogen) atoms. The van der Waals surface area contributed by atoms with Crippen molar-refractivity contribution in [3.05, 3.63) is 70.2 Å². The van der Waals surface area contributed by atoms with Crippen LogP contribution in [0.2, 0.25) is 0 Å². The number of primary amides is 1. The largest absolute Gasteiger partial charge is 0.433 e. The maximum atomic E-state index is 13.4. The molecule has 0 bridgehead atoms. The molecule has 1 aliphatic carbocycles. The molecule has 1 aromatic heterocycles. The Hall–Kier alpha value is -4.20. The van der Waals surface area contributed by atoms with E-state index < -0.39 is 29.9 Å². The first-order valence-electron chi connectivity index (χ1n) is 9.75. The van der Waals surface area contributed by atoms with Gasteiger partial charge in [-0.1, -0.05) is 6.07 Å². The Bertz CT molecular complexity index is 1280. The van der Waals surface area contributed by atoms with E-state index >= 15 is 0 Å². The van der Waals surface area contributed by atoms with Crippen LogP contribution in [0.3, 0.4) is 0 Å². The number of urea groups is 1. The van der Waals surface area contributed by atoms with Gasteiger partial charge in [-0.25, -0.2) is 4.79 Å². The Morgan fingerprint density at radius 3 is 2.58 bits per heavy atom. The summed E-state index contributed by atoms with van der Waals surface area (Å²) in [4.78, 5) is 43.9. The third-order valence-electron chi connectivity index (χ3n) is 5.66. The van der Waals surface area contributed by atoms with Crippen LogP contribution in [-0.2, 0) is 11.0 Å². The summed E-state index contributed by atoms with van der Waals surface area (Å²) in [7, 11) is 1.38. The third kappa shape index (κ3) is 3.59. The van der Waals surface area contributed by atoms with E-state index in [9.17, 15) is 27.6 Å². The molecule has 3 amide bonds. The zero-order valence-corrected chi connectivity index (χ0v) is 17.2. The Labute approximate surface area is 185 Å². The molecule has 8 nitrogen and oxygen atoms in total. The summed E-state index contributed by atoms with van der Waals surface area (Å²) in [5, 5.41) is 9.15. The molecule has 0 radical (unpaired) electrons. The standard InChI is InChI=1S/C22H16F3N5O3/c1-29-19(13-3-2-11(10-26)8-14(13)20(27)32)18-15(4-5-16(18)31)30(21(29)33)12-6-7-28-17(9-12)22(23,24)25/h2-3,6-9,19H,4-5H2,1H3,(H2,27,32)/t19-/m1/s1. The number of amides is 3.